The smallest absolute Gasteiger partial charge is 0.241 e. The van der Waals surface area contributed by atoms with E-state index < -0.39 is 22.0 Å². The van der Waals surface area contributed by atoms with Gasteiger partial charge < -0.3 is 10.1 Å². The van der Waals surface area contributed by atoms with Gasteiger partial charge in [-0.1, -0.05) is 70.0 Å². The van der Waals surface area contributed by atoms with Gasteiger partial charge in [0.15, 0.2) is 0 Å². The average molecular weight is 566 g/mol. The van der Waals surface area contributed by atoms with E-state index in [0.29, 0.717) is 12.4 Å². The van der Waals surface area contributed by atoms with Crippen molar-refractivity contribution in [3.63, 3.8) is 0 Å². The molecule has 0 unspecified atom stereocenters. The predicted molar refractivity (Wildman–Crippen MR) is 138 cm³/mol. The Morgan fingerprint density at radius 2 is 1.74 bits per heavy atom. The van der Waals surface area contributed by atoms with Gasteiger partial charge in [-0.25, -0.2) is 8.42 Å². The minimum atomic E-state index is -4.04. The van der Waals surface area contributed by atoms with Crippen molar-refractivity contribution in [2.45, 2.75) is 37.2 Å². The first-order chi connectivity index (χ1) is 16.2. The summed E-state index contributed by atoms with van der Waals surface area (Å²) in [5.74, 6) is -0.0371. The Morgan fingerprint density at radius 1 is 1.06 bits per heavy atom. The van der Waals surface area contributed by atoms with Crippen LogP contribution in [-0.4, -0.2) is 27.0 Å². The maximum Gasteiger partial charge on any atom is 0.241 e. The number of carbonyl (C=O) groups is 1. The van der Waals surface area contributed by atoms with Crippen LogP contribution in [0.25, 0.3) is 0 Å². The van der Waals surface area contributed by atoms with Crippen molar-refractivity contribution in [1.82, 2.24) is 10.0 Å². The number of sulfonamides is 1. The van der Waals surface area contributed by atoms with Gasteiger partial charge in [-0.2, -0.15) is 4.72 Å². The van der Waals surface area contributed by atoms with E-state index in [4.69, 9.17) is 16.3 Å². The zero-order chi connectivity index (χ0) is 24.7. The number of benzene rings is 3. The molecule has 0 saturated heterocycles. The minimum absolute atomic E-state index is 0.0484. The molecule has 0 aliphatic heterocycles. The third kappa shape index (κ3) is 7.06. The molecule has 3 rings (SSSR count). The van der Waals surface area contributed by atoms with E-state index in [-0.39, 0.29) is 22.4 Å². The van der Waals surface area contributed by atoms with Crippen molar-refractivity contribution in [3.8, 4) is 5.75 Å². The van der Waals surface area contributed by atoms with E-state index in [1.54, 1.807) is 0 Å². The van der Waals surface area contributed by atoms with Crippen LogP contribution in [0.1, 0.15) is 31.0 Å². The molecule has 2 N–H and O–H groups in total. The van der Waals surface area contributed by atoms with E-state index in [1.165, 1.54) is 18.2 Å². The monoisotopic (exact) mass is 564 g/mol. The Balaban J connectivity index is 1.84. The lowest BCUT2D eigenvalue weighted by Crippen LogP contribution is -2.48. The van der Waals surface area contributed by atoms with E-state index in [2.05, 4.69) is 26.0 Å². The predicted octanol–water partition coefficient (Wildman–Crippen LogP) is 5.27. The normalized spacial score (nSPS) is 13.2. The van der Waals surface area contributed by atoms with Crippen LogP contribution in [0.2, 0.25) is 5.02 Å². The van der Waals surface area contributed by atoms with Crippen molar-refractivity contribution in [1.29, 1.82) is 0 Å². The summed E-state index contributed by atoms with van der Waals surface area (Å²) in [5, 5.41) is 3.10. The van der Waals surface area contributed by atoms with Crippen molar-refractivity contribution in [2.75, 3.05) is 6.61 Å². The molecular weight excluding hydrogens is 540 g/mol. The van der Waals surface area contributed by atoms with Gasteiger partial charge >= 0.3 is 0 Å². The fourth-order valence-electron chi connectivity index (χ4n) is 3.36. The first kappa shape index (κ1) is 26.2. The van der Waals surface area contributed by atoms with Crippen LogP contribution in [0.5, 0.6) is 5.75 Å². The molecule has 0 aliphatic rings. The maximum atomic E-state index is 13.2. The highest BCUT2D eigenvalue weighted by atomic mass is 79.9. The molecule has 2 atom stereocenters. The highest BCUT2D eigenvalue weighted by Crippen LogP contribution is 2.27. The van der Waals surface area contributed by atoms with Gasteiger partial charge in [0.25, 0.3) is 0 Å². The Bertz CT molecular complexity index is 1220. The molecule has 0 bridgehead atoms. The second-order valence-electron chi connectivity index (χ2n) is 7.67. The van der Waals surface area contributed by atoms with Crippen LogP contribution in [0.4, 0.5) is 0 Å². The lowest BCUT2D eigenvalue weighted by molar-refractivity contribution is -0.123. The first-order valence-corrected chi connectivity index (χ1v) is 13.4. The fourth-order valence-corrected chi connectivity index (χ4v) is 5.15. The summed E-state index contributed by atoms with van der Waals surface area (Å²) < 4.78 is 35.2. The summed E-state index contributed by atoms with van der Waals surface area (Å²) in [6.45, 7) is 4.06. The maximum absolute atomic E-state index is 13.2. The molecule has 3 aromatic carbocycles. The highest BCUT2D eigenvalue weighted by molar-refractivity contribution is 9.10. The molecule has 0 aliphatic carbocycles. The van der Waals surface area contributed by atoms with Gasteiger partial charge in [0.2, 0.25) is 15.9 Å². The molecule has 3 aromatic rings. The summed E-state index contributed by atoms with van der Waals surface area (Å²) in [6.07, 6.45) is 0.184. The Labute approximate surface area is 213 Å². The molecule has 0 aromatic heterocycles. The molecule has 34 heavy (non-hydrogen) atoms. The number of ether oxygens (including phenoxy) is 1. The quantitative estimate of drug-likeness (QED) is 0.351. The van der Waals surface area contributed by atoms with Crippen LogP contribution in [0.3, 0.4) is 0 Å². The topological polar surface area (TPSA) is 84.5 Å². The number of hydrogen-bond acceptors (Lipinski definition) is 4. The second kappa shape index (κ2) is 11.8. The number of hydrogen-bond donors (Lipinski definition) is 2. The minimum Gasteiger partial charge on any atom is -0.492 e. The summed E-state index contributed by atoms with van der Waals surface area (Å²) >= 11 is 9.59. The summed E-state index contributed by atoms with van der Waals surface area (Å²) in [7, 11) is -4.04. The van der Waals surface area contributed by atoms with Crippen LogP contribution in [0.15, 0.2) is 82.2 Å². The Hall–Kier alpha value is -2.39. The van der Waals surface area contributed by atoms with Crippen LogP contribution < -0.4 is 14.8 Å². The molecule has 9 heteroatoms. The average Bonchev–Trinajstić information content (AvgIpc) is 2.81. The van der Waals surface area contributed by atoms with Crippen LogP contribution in [0, 0.1) is 0 Å². The molecule has 0 saturated carbocycles. The molecule has 180 valence electrons. The van der Waals surface area contributed by atoms with Crippen molar-refractivity contribution < 1.29 is 17.9 Å². The molecule has 1 amide bonds. The first-order valence-electron chi connectivity index (χ1n) is 10.7. The molecule has 0 heterocycles. The fraction of sp³-hybridized carbons (Fsp3) is 0.240. The van der Waals surface area contributed by atoms with E-state index in [1.807, 2.05) is 68.4 Å². The molecule has 6 nitrogen and oxygen atoms in total. The highest BCUT2D eigenvalue weighted by Gasteiger charge is 2.27. The van der Waals surface area contributed by atoms with Gasteiger partial charge in [-0.05, 0) is 61.7 Å². The standard InChI is InChI=1S/C25H26BrClN2O4S/c1-3-33-24-14-13-21(16-22(24)27)34(31,32)29-23(15-18-7-5-4-6-8-18)25(30)28-17(2)19-9-11-20(26)12-10-19/h4-14,16-17,23,29H,3,15H2,1-2H3,(H,28,30)/t17-,23+/m0/s1. The number of rotatable bonds is 10. The second-order valence-corrected chi connectivity index (χ2v) is 10.7. The van der Waals surface area contributed by atoms with Gasteiger partial charge in [0, 0.05) is 4.47 Å². The van der Waals surface area contributed by atoms with Gasteiger partial charge in [0.1, 0.15) is 11.8 Å². The van der Waals surface area contributed by atoms with Gasteiger partial charge in [-0.15, -0.1) is 0 Å². The van der Waals surface area contributed by atoms with Crippen molar-refractivity contribution >= 4 is 43.5 Å². The number of amides is 1. The molecule has 0 spiro atoms. The van der Waals surface area contributed by atoms with Crippen molar-refractivity contribution in [2.24, 2.45) is 0 Å². The zero-order valence-corrected chi connectivity index (χ0v) is 22.0. The largest absolute Gasteiger partial charge is 0.492 e. The number of nitrogens with one attached hydrogen (secondary N) is 2. The molecular formula is C25H26BrClN2O4S. The van der Waals surface area contributed by atoms with E-state index in [9.17, 15) is 13.2 Å². The van der Waals surface area contributed by atoms with E-state index >= 15 is 0 Å². The lowest BCUT2D eigenvalue weighted by Gasteiger charge is -2.22. The van der Waals surface area contributed by atoms with E-state index in [0.717, 1.165) is 15.6 Å². The summed E-state index contributed by atoms with van der Waals surface area (Å²) in [4.78, 5) is 13.2. The van der Waals surface area contributed by atoms with Crippen LogP contribution >= 0.6 is 27.5 Å². The third-order valence-electron chi connectivity index (χ3n) is 5.14. The number of carbonyl (C=O) groups excluding carboxylic acids is 1. The van der Waals surface area contributed by atoms with Crippen LogP contribution in [-0.2, 0) is 21.2 Å². The third-order valence-corrected chi connectivity index (χ3v) is 7.43. The lowest BCUT2D eigenvalue weighted by atomic mass is 10.0. The molecule has 0 fully saturated rings. The van der Waals surface area contributed by atoms with Crippen molar-refractivity contribution in [3.05, 3.63) is 93.4 Å². The SMILES string of the molecule is CCOc1ccc(S(=O)(=O)N[C@H](Cc2ccccc2)C(=O)N[C@@H](C)c2ccc(Br)cc2)cc1Cl. The summed E-state index contributed by atoms with van der Waals surface area (Å²) in [6, 6.07) is 19.7. The zero-order valence-electron chi connectivity index (χ0n) is 18.8. The molecule has 0 radical (unpaired) electrons. The van der Waals surface area contributed by atoms with Gasteiger partial charge in [-0.3, -0.25) is 4.79 Å². The number of halogens is 2. The van der Waals surface area contributed by atoms with Gasteiger partial charge in [0.05, 0.1) is 22.6 Å². The Kier molecular flexibility index (Phi) is 9.13. The Morgan fingerprint density at radius 3 is 2.35 bits per heavy atom. The summed E-state index contributed by atoms with van der Waals surface area (Å²) in [5.41, 5.74) is 1.72.